The first-order valence-electron chi connectivity index (χ1n) is 6.40. The molecule has 0 aliphatic heterocycles. The standard InChI is InChI=1S/C17H20/c1-4-14-7-9-16-10-8-15(6-5-13(2)3)12-17(16)11-14/h5-13H,4H2,1-3H3/b6-5+. The van der Waals surface area contributed by atoms with Gasteiger partial charge in [-0.1, -0.05) is 63.3 Å². The number of benzene rings is 2. The van der Waals surface area contributed by atoms with E-state index in [2.05, 4.69) is 69.3 Å². The summed E-state index contributed by atoms with van der Waals surface area (Å²) in [7, 11) is 0. The minimum Gasteiger partial charge on any atom is -0.0814 e. The predicted octanol–water partition coefficient (Wildman–Crippen LogP) is 5.07. The number of hydrogen-bond acceptors (Lipinski definition) is 0. The molecular formula is C17H20. The number of hydrogen-bond donors (Lipinski definition) is 0. The van der Waals surface area contributed by atoms with Crippen LogP contribution in [0.15, 0.2) is 42.5 Å². The van der Waals surface area contributed by atoms with Gasteiger partial charge in [0.15, 0.2) is 0 Å². The molecule has 2 rings (SSSR count). The number of allylic oxidation sites excluding steroid dienone is 1. The fraction of sp³-hybridized carbons (Fsp3) is 0.294. The van der Waals surface area contributed by atoms with E-state index in [4.69, 9.17) is 0 Å². The van der Waals surface area contributed by atoms with Gasteiger partial charge in [-0.05, 0) is 40.3 Å². The van der Waals surface area contributed by atoms with Crippen LogP contribution < -0.4 is 0 Å². The molecule has 0 saturated carbocycles. The molecule has 0 aromatic heterocycles. The van der Waals surface area contributed by atoms with E-state index in [0.29, 0.717) is 5.92 Å². The summed E-state index contributed by atoms with van der Waals surface area (Å²) in [4.78, 5) is 0. The highest BCUT2D eigenvalue weighted by molar-refractivity contribution is 5.85. The van der Waals surface area contributed by atoms with Crippen molar-refractivity contribution in [2.45, 2.75) is 27.2 Å². The normalized spacial score (nSPS) is 11.8. The van der Waals surface area contributed by atoms with Crippen molar-refractivity contribution in [2.24, 2.45) is 5.92 Å². The fourth-order valence-electron chi connectivity index (χ4n) is 1.94. The Morgan fingerprint density at radius 2 is 1.76 bits per heavy atom. The molecule has 0 heterocycles. The van der Waals surface area contributed by atoms with Crippen LogP contribution in [0, 0.1) is 5.92 Å². The Balaban J connectivity index is 2.41. The molecule has 0 nitrogen and oxygen atoms in total. The van der Waals surface area contributed by atoms with Crippen molar-refractivity contribution in [3.8, 4) is 0 Å². The van der Waals surface area contributed by atoms with Crippen LogP contribution in [0.5, 0.6) is 0 Å². The van der Waals surface area contributed by atoms with Crippen molar-refractivity contribution in [1.82, 2.24) is 0 Å². The molecule has 0 amide bonds. The van der Waals surface area contributed by atoms with Gasteiger partial charge in [-0.2, -0.15) is 0 Å². The Labute approximate surface area is 104 Å². The van der Waals surface area contributed by atoms with Gasteiger partial charge >= 0.3 is 0 Å². The van der Waals surface area contributed by atoms with Gasteiger partial charge in [0.05, 0.1) is 0 Å². The van der Waals surface area contributed by atoms with Gasteiger partial charge in [0.25, 0.3) is 0 Å². The molecule has 0 spiro atoms. The molecule has 2 aromatic rings. The van der Waals surface area contributed by atoms with E-state index in [1.54, 1.807) is 0 Å². The molecule has 0 unspecified atom stereocenters. The first-order valence-corrected chi connectivity index (χ1v) is 6.40. The van der Waals surface area contributed by atoms with E-state index < -0.39 is 0 Å². The maximum absolute atomic E-state index is 2.29. The van der Waals surface area contributed by atoms with Crippen LogP contribution in [0.4, 0.5) is 0 Å². The first kappa shape index (κ1) is 11.9. The lowest BCUT2D eigenvalue weighted by Crippen LogP contribution is -1.82. The minimum atomic E-state index is 0.604. The van der Waals surface area contributed by atoms with E-state index >= 15 is 0 Å². The molecule has 17 heavy (non-hydrogen) atoms. The fourth-order valence-corrected chi connectivity index (χ4v) is 1.94. The molecule has 2 aromatic carbocycles. The van der Waals surface area contributed by atoms with Crippen LogP contribution in [0.25, 0.3) is 16.8 Å². The van der Waals surface area contributed by atoms with E-state index in [1.807, 2.05) is 0 Å². The van der Waals surface area contributed by atoms with Crippen molar-refractivity contribution in [3.63, 3.8) is 0 Å². The summed E-state index contributed by atoms with van der Waals surface area (Å²) in [6.07, 6.45) is 5.55. The Hall–Kier alpha value is -1.56. The quantitative estimate of drug-likeness (QED) is 0.682. The second-order valence-corrected chi connectivity index (χ2v) is 4.90. The first-order chi connectivity index (χ1) is 8.19. The third-order valence-electron chi connectivity index (χ3n) is 3.01. The van der Waals surface area contributed by atoms with Crippen LogP contribution in [-0.2, 0) is 6.42 Å². The summed E-state index contributed by atoms with van der Waals surface area (Å²) in [5.41, 5.74) is 2.70. The van der Waals surface area contributed by atoms with Gasteiger partial charge < -0.3 is 0 Å². The summed E-state index contributed by atoms with van der Waals surface area (Å²) in [6.45, 7) is 6.60. The smallest absolute Gasteiger partial charge is 0.0175 e. The summed E-state index contributed by atoms with van der Waals surface area (Å²) in [5, 5.41) is 2.67. The third kappa shape index (κ3) is 2.97. The van der Waals surface area contributed by atoms with Crippen molar-refractivity contribution in [1.29, 1.82) is 0 Å². The molecule has 0 heteroatoms. The molecule has 0 fully saturated rings. The Morgan fingerprint density at radius 1 is 1.00 bits per heavy atom. The lowest BCUT2D eigenvalue weighted by atomic mass is 10.0. The van der Waals surface area contributed by atoms with E-state index in [0.717, 1.165) is 6.42 Å². The zero-order valence-electron chi connectivity index (χ0n) is 10.9. The van der Waals surface area contributed by atoms with Crippen molar-refractivity contribution >= 4 is 16.8 Å². The number of fused-ring (bicyclic) bond motifs is 1. The van der Waals surface area contributed by atoms with E-state index in [1.165, 1.54) is 21.9 Å². The molecule has 0 bridgehead atoms. The highest BCUT2D eigenvalue weighted by Gasteiger charge is 1.96. The Kier molecular flexibility index (Phi) is 3.63. The average molecular weight is 224 g/mol. The van der Waals surface area contributed by atoms with Gasteiger partial charge in [0, 0.05) is 0 Å². The molecular weight excluding hydrogens is 204 g/mol. The van der Waals surface area contributed by atoms with Gasteiger partial charge in [0.2, 0.25) is 0 Å². The molecule has 0 N–H and O–H groups in total. The molecule has 0 aliphatic carbocycles. The Bertz CT molecular complexity index is 533. The second-order valence-electron chi connectivity index (χ2n) is 4.90. The van der Waals surface area contributed by atoms with Crippen molar-refractivity contribution in [3.05, 3.63) is 53.6 Å². The molecule has 0 atom stereocenters. The van der Waals surface area contributed by atoms with E-state index in [9.17, 15) is 0 Å². The van der Waals surface area contributed by atoms with Crippen LogP contribution in [0.3, 0.4) is 0 Å². The van der Waals surface area contributed by atoms with Gasteiger partial charge in [-0.3, -0.25) is 0 Å². The maximum atomic E-state index is 2.29. The average Bonchev–Trinajstić information content (AvgIpc) is 2.35. The monoisotopic (exact) mass is 224 g/mol. The number of aryl methyl sites for hydroxylation is 1. The van der Waals surface area contributed by atoms with Gasteiger partial charge in [-0.25, -0.2) is 0 Å². The largest absolute Gasteiger partial charge is 0.0814 e. The molecule has 0 radical (unpaired) electrons. The van der Waals surface area contributed by atoms with Crippen molar-refractivity contribution < 1.29 is 0 Å². The van der Waals surface area contributed by atoms with Crippen LogP contribution >= 0.6 is 0 Å². The van der Waals surface area contributed by atoms with Gasteiger partial charge in [-0.15, -0.1) is 0 Å². The van der Waals surface area contributed by atoms with E-state index in [-0.39, 0.29) is 0 Å². The van der Waals surface area contributed by atoms with Crippen LogP contribution in [0.2, 0.25) is 0 Å². The topological polar surface area (TPSA) is 0 Å². The van der Waals surface area contributed by atoms with Crippen molar-refractivity contribution in [2.75, 3.05) is 0 Å². The summed E-state index contributed by atoms with van der Waals surface area (Å²) in [6, 6.07) is 13.4. The zero-order chi connectivity index (χ0) is 12.3. The summed E-state index contributed by atoms with van der Waals surface area (Å²) < 4.78 is 0. The SMILES string of the molecule is CCc1ccc2ccc(/C=C/C(C)C)cc2c1. The van der Waals surface area contributed by atoms with Gasteiger partial charge in [0.1, 0.15) is 0 Å². The zero-order valence-corrected chi connectivity index (χ0v) is 10.9. The number of rotatable bonds is 3. The highest BCUT2D eigenvalue weighted by atomic mass is 14.0. The minimum absolute atomic E-state index is 0.604. The highest BCUT2D eigenvalue weighted by Crippen LogP contribution is 2.19. The lowest BCUT2D eigenvalue weighted by Gasteiger charge is -2.03. The van der Waals surface area contributed by atoms with Crippen LogP contribution in [-0.4, -0.2) is 0 Å². The molecule has 0 saturated heterocycles. The summed E-state index contributed by atoms with van der Waals surface area (Å²) in [5.74, 6) is 0.604. The third-order valence-corrected chi connectivity index (χ3v) is 3.01. The molecule has 88 valence electrons. The predicted molar refractivity (Wildman–Crippen MR) is 77.2 cm³/mol. The van der Waals surface area contributed by atoms with Crippen LogP contribution in [0.1, 0.15) is 31.9 Å². The second kappa shape index (κ2) is 5.18. The maximum Gasteiger partial charge on any atom is -0.0175 e. The summed E-state index contributed by atoms with van der Waals surface area (Å²) >= 11 is 0. The lowest BCUT2D eigenvalue weighted by molar-refractivity contribution is 0.836. The Morgan fingerprint density at radius 3 is 2.47 bits per heavy atom. The molecule has 0 aliphatic rings.